The molecule has 7 nitrogen and oxygen atoms in total. The lowest BCUT2D eigenvalue weighted by molar-refractivity contribution is 0.414. The Labute approximate surface area is 182 Å². The summed E-state index contributed by atoms with van der Waals surface area (Å²) in [6.45, 7) is 0.598. The van der Waals surface area contributed by atoms with Gasteiger partial charge in [-0.25, -0.2) is 4.98 Å². The topological polar surface area (TPSA) is 85.1 Å². The van der Waals surface area contributed by atoms with Gasteiger partial charge in [0.15, 0.2) is 5.82 Å². The zero-order valence-electron chi connectivity index (χ0n) is 16.6. The Bertz CT molecular complexity index is 1400. The quantitative estimate of drug-likeness (QED) is 0.375. The molecule has 0 aliphatic carbocycles. The van der Waals surface area contributed by atoms with Crippen molar-refractivity contribution in [3.63, 3.8) is 0 Å². The molecule has 154 valence electrons. The highest BCUT2D eigenvalue weighted by Crippen LogP contribution is 2.30. The van der Waals surface area contributed by atoms with E-state index in [0.717, 1.165) is 33.4 Å². The fraction of sp³-hybridized carbons (Fsp3) is 0.0870. The van der Waals surface area contributed by atoms with Gasteiger partial charge >= 0.3 is 0 Å². The summed E-state index contributed by atoms with van der Waals surface area (Å²) in [6.07, 6.45) is 1.75. The van der Waals surface area contributed by atoms with Gasteiger partial charge in [0.25, 0.3) is 0 Å². The highest BCUT2D eigenvalue weighted by molar-refractivity contribution is 6.30. The van der Waals surface area contributed by atoms with Crippen LogP contribution in [-0.4, -0.2) is 32.0 Å². The van der Waals surface area contributed by atoms with Crippen molar-refractivity contribution in [1.29, 1.82) is 0 Å². The lowest BCUT2D eigenvalue weighted by Gasteiger charge is -2.07. The molecule has 0 aliphatic rings. The first kappa shape index (κ1) is 19.1. The van der Waals surface area contributed by atoms with Crippen molar-refractivity contribution in [2.75, 3.05) is 12.4 Å². The first-order valence-corrected chi connectivity index (χ1v) is 9.99. The third kappa shape index (κ3) is 3.71. The Hall–Kier alpha value is -3.84. The van der Waals surface area contributed by atoms with Crippen LogP contribution >= 0.6 is 11.6 Å². The van der Waals surface area contributed by atoms with Crippen LogP contribution in [-0.2, 0) is 6.54 Å². The lowest BCUT2D eigenvalue weighted by atomic mass is 10.1. The fourth-order valence-corrected chi connectivity index (χ4v) is 3.74. The number of nitrogens with zero attached hydrogens (tertiary/aromatic N) is 4. The minimum atomic E-state index is -0.0927. The van der Waals surface area contributed by atoms with Gasteiger partial charge in [-0.05, 0) is 59.5 Å². The predicted molar refractivity (Wildman–Crippen MR) is 121 cm³/mol. The minimum Gasteiger partial charge on any atom is -0.497 e. The first-order chi connectivity index (χ1) is 15.1. The van der Waals surface area contributed by atoms with Crippen molar-refractivity contribution in [2.45, 2.75) is 6.54 Å². The molecule has 31 heavy (non-hydrogen) atoms. The van der Waals surface area contributed by atoms with Crippen molar-refractivity contribution in [3.05, 3.63) is 77.6 Å². The third-order valence-corrected chi connectivity index (χ3v) is 5.24. The molecule has 5 rings (SSSR count). The maximum absolute atomic E-state index is 10.0. The number of aromatic nitrogens is 4. The Kier molecular flexibility index (Phi) is 4.80. The van der Waals surface area contributed by atoms with Gasteiger partial charge in [0.05, 0.1) is 19.2 Å². The Balaban J connectivity index is 1.51. The van der Waals surface area contributed by atoms with Gasteiger partial charge in [0.1, 0.15) is 16.4 Å². The number of aromatic hydroxyl groups is 1. The largest absolute Gasteiger partial charge is 0.497 e. The monoisotopic (exact) mass is 431 g/mol. The van der Waals surface area contributed by atoms with E-state index >= 15 is 0 Å². The summed E-state index contributed by atoms with van der Waals surface area (Å²) in [7, 11) is 1.65. The molecule has 0 spiro atoms. The van der Waals surface area contributed by atoms with E-state index in [1.54, 1.807) is 25.4 Å². The Morgan fingerprint density at radius 1 is 1.10 bits per heavy atom. The van der Waals surface area contributed by atoms with Gasteiger partial charge in [-0.15, -0.1) is 0 Å². The first-order valence-electron chi connectivity index (χ1n) is 9.61. The molecule has 3 aromatic heterocycles. The highest BCUT2D eigenvalue weighted by atomic mass is 35.5. The number of hydrogen-bond acceptors (Lipinski definition) is 6. The van der Waals surface area contributed by atoms with E-state index in [1.807, 2.05) is 53.2 Å². The number of halogens is 1. The molecule has 0 aliphatic heterocycles. The van der Waals surface area contributed by atoms with Gasteiger partial charge in [-0.2, -0.15) is 5.10 Å². The molecule has 5 aromatic rings. The van der Waals surface area contributed by atoms with E-state index in [-0.39, 0.29) is 11.0 Å². The Morgan fingerprint density at radius 2 is 1.94 bits per heavy atom. The van der Waals surface area contributed by atoms with Crippen LogP contribution < -0.4 is 10.1 Å². The summed E-state index contributed by atoms with van der Waals surface area (Å²) < 4.78 is 7.15. The highest BCUT2D eigenvalue weighted by Gasteiger charge is 2.13. The third-order valence-electron chi connectivity index (χ3n) is 5.04. The zero-order chi connectivity index (χ0) is 21.4. The second kappa shape index (κ2) is 7.77. The zero-order valence-corrected chi connectivity index (χ0v) is 17.3. The molecule has 0 saturated heterocycles. The van der Waals surface area contributed by atoms with E-state index in [0.29, 0.717) is 17.7 Å². The molecule has 0 saturated carbocycles. The van der Waals surface area contributed by atoms with Crippen molar-refractivity contribution >= 4 is 44.9 Å². The van der Waals surface area contributed by atoms with Gasteiger partial charge < -0.3 is 15.2 Å². The van der Waals surface area contributed by atoms with Gasteiger partial charge in [0.2, 0.25) is 5.88 Å². The van der Waals surface area contributed by atoms with Crippen molar-refractivity contribution in [1.82, 2.24) is 19.7 Å². The normalized spacial score (nSPS) is 11.2. The molecular formula is C23H18ClN5O2. The molecule has 0 radical (unpaired) electrons. The number of fused-ring (bicyclic) bond motifs is 2. The molecule has 3 heterocycles. The number of methoxy groups -OCH3 is 1. The van der Waals surface area contributed by atoms with Crippen LogP contribution in [0.15, 0.2) is 66.9 Å². The predicted octanol–water partition coefficient (Wildman–Crippen LogP) is 5.14. The number of benzene rings is 2. The van der Waals surface area contributed by atoms with Crippen LogP contribution in [0.2, 0.25) is 5.15 Å². The number of ether oxygens (including phenoxy) is 1. The lowest BCUT2D eigenvalue weighted by Crippen LogP contribution is -2.02. The second-order valence-electron chi connectivity index (χ2n) is 7.05. The minimum absolute atomic E-state index is 0.0927. The molecule has 8 heteroatoms. The second-order valence-corrected chi connectivity index (χ2v) is 7.44. The summed E-state index contributed by atoms with van der Waals surface area (Å²) >= 11 is 5.99. The summed E-state index contributed by atoms with van der Waals surface area (Å²) in [4.78, 5) is 8.40. The maximum atomic E-state index is 10.0. The van der Waals surface area contributed by atoms with Crippen LogP contribution in [0.3, 0.4) is 0 Å². The summed E-state index contributed by atoms with van der Waals surface area (Å²) in [5, 5.41) is 19.7. The number of rotatable bonds is 5. The standard InChI is InChI=1S/C23H18ClN5O2/c1-31-17-7-4-14(5-8-17)13-29-19-3-2-10-25-21(19)22(28-29)26-16-6-9-18-15(11-16)12-20(24)27-23(18)30/h2-12H,13H2,1H3,(H,26,28)(H,27,30). The van der Waals surface area contributed by atoms with Gasteiger partial charge in [-0.3, -0.25) is 9.67 Å². The summed E-state index contributed by atoms with van der Waals surface area (Å²) in [6, 6.07) is 19.0. The number of pyridine rings is 2. The van der Waals surface area contributed by atoms with Crippen LogP contribution in [0.25, 0.3) is 21.8 Å². The van der Waals surface area contributed by atoms with Crippen LogP contribution in [0.1, 0.15) is 5.56 Å². The number of anilines is 2. The average Bonchev–Trinajstić information content (AvgIpc) is 3.11. The number of nitrogens with one attached hydrogen (secondary N) is 1. The van der Waals surface area contributed by atoms with Crippen LogP contribution in [0.5, 0.6) is 11.6 Å². The van der Waals surface area contributed by atoms with Crippen LogP contribution in [0.4, 0.5) is 11.5 Å². The summed E-state index contributed by atoms with van der Waals surface area (Å²) in [5.41, 5.74) is 3.60. The van der Waals surface area contributed by atoms with E-state index in [1.165, 1.54) is 0 Å². The fourth-order valence-electron chi connectivity index (χ4n) is 3.54. The number of hydrogen-bond donors (Lipinski definition) is 2. The molecule has 0 unspecified atom stereocenters. The van der Waals surface area contributed by atoms with Crippen LogP contribution in [0, 0.1) is 0 Å². The molecule has 0 atom stereocenters. The molecule has 2 N–H and O–H groups in total. The van der Waals surface area contributed by atoms with Crippen molar-refractivity contribution in [2.24, 2.45) is 0 Å². The van der Waals surface area contributed by atoms with E-state index in [2.05, 4.69) is 15.3 Å². The van der Waals surface area contributed by atoms with E-state index in [9.17, 15) is 5.11 Å². The smallest absolute Gasteiger partial charge is 0.220 e. The van der Waals surface area contributed by atoms with Crippen molar-refractivity contribution < 1.29 is 9.84 Å². The van der Waals surface area contributed by atoms with Gasteiger partial charge in [0, 0.05) is 17.3 Å². The SMILES string of the molecule is COc1ccc(Cn2nc(Nc3ccc4c(O)nc(Cl)cc4c3)c3ncccc32)cc1. The van der Waals surface area contributed by atoms with Crippen molar-refractivity contribution in [3.8, 4) is 11.6 Å². The summed E-state index contributed by atoms with van der Waals surface area (Å²) in [5.74, 6) is 1.37. The van der Waals surface area contributed by atoms with Gasteiger partial charge in [-0.1, -0.05) is 23.7 Å². The molecule has 0 bridgehead atoms. The van der Waals surface area contributed by atoms with E-state index in [4.69, 9.17) is 21.4 Å². The molecule has 2 aromatic carbocycles. The Morgan fingerprint density at radius 3 is 2.74 bits per heavy atom. The van der Waals surface area contributed by atoms with E-state index < -0.39 is 0 Å². The molecular weight excluding hydrogens is 414 g/mol. The molecule has 0 amide bonds. The molecule has 0 fully saturated rings. The maximum Gasteiger partial charge on any atom is 0.220 e. The average molecular weight is 432 g/mol.